The molecule has 2 rings (SSSR count). The molecule has 0 atom stereocenters. The Morgan fingerprint density at radius 3 is 2.19 bits per heavy atom. The molecule has 5 nitrogen and oxygen atoms in total. The van der Waals surface area contributed by atoms with E-state index >= 15 is 0 Å². The highest BCUT2D eigenvalue weighted by molar-refractivity contribution is 5.82. The average molecular weight is 372 g/mol. The summed E-state index contributed by atoms with van der Waals surface area (Å²) in [5.74, 6) is -1.81. The van der Waals surface area contributed by atoms with E-state index in [2.05, 4.69) is 0 Å². The van der Waals surface area contributed by atoms with Crippen molar-refractivity contribution in [3.8, 4) is 0 Å². The van der Waals surface area contributed by atoms with E-state index < -0.39 is 23.7 Å². The second kappa shape index (κ2) is 7.17. The minimum atomic E-state index is -4.86. The number of rotatable bonds is 2. The Balaban J connectivity index is 2.17. The molecule has 0 radical (unpaired) electrons. The van der Waals surface area contributed by atoms with E-state index in [1.807, 2.05) is 12.1 Å². The zero-order valence-corrected chi connectivity index (χ0v) is 15.1. The fourth-order valence-corrected chi connectivity index (χ4v) is 3.03. The molecule has 1 aliphatic rings. The highest BCUT2D eigenvalue weighted by Crippen LogP contribution is 2.24. The van der Waals surface area contributed by atoms with Crippen molar-refractivity contribution in [1.82, 2.24) is 9.80 Å². The van der Waals surface area contributed by atoms with Crippen molar-refractivity contribution in [3.63, 3.8) is 0 Å². The first-order chi connectivity index (χ1) is 11.9. The number of halogens is 3. The Bertz CT molecular complexity index is 696. The van der Waals surface area contributed by atoms with E-state index in [0.717, 1.165) is 21.6 Å². The fourth-order valence-electron chi connectivity index (χ4n) is 3.03. The third kappa shape index (κ3) is 4.68. The molecule has 1 aliphatic heterocycles. The first-order valence-corrected chi connectivity index (χ1v) is 8.37. The molecule has 0 bridgehead atoms. The van der Waals surface area contributed by atoms with Crippen LogP contribution in [0.2, 0.25) is 0 Å². The van der Waals surface area contributed by atoms with Crippen LogP contribution in [-0.4, -0.2) is 51.7 Å². The van der Waals surface area contributed by atoms with Crippen molar-refractivity contribution < 1.29 is 27.9 Å². The lowest BCUT2D eigenvalue weighted by Gasteiger charge is -2.33. The molecule has 0 fully saturated rings. The molecular weight excluding hydrogens is 349 g/mol. The van der Waals surface area contributed by atoms with Crippen LogP contribution >= 0.6 is 0 Å². The van der Waals surface area contributed by atoms with Gasteiger partial charge in [-0.3, -0.25) is 9.69 Å². The van der Waals surface area contributed by atoms with Crippen LogP contribution in [0.3, 0.4) is 0 Å². The molecule has 2 amide bonds. The zero-order valence-electron chi connectivity index (χ0n) is 15.1. The molecule has 1 heterocycles. The zero-order chi connectivity index (χ0) is 19.7. The average Bonchev–Trinajstić information content (AvgIpc) is 2.71. The molecular formula is C18H23F3N2O3. The fraction of sp³-hybridized carbons (Fsp3) is 0.556. The Kier molecular flexibility index (Phi) is 5.53. The van der Waals surface area contributed by atoms with Crippen LogP contribution in [0.25, 0.3) is 0 Å². The van der Waals surface area contributed by atoms with Gasteiger partial charge in [-0.15, -0.1) is 0 Å². The van der Waals surface area contributed by atoms with E-state index in [9.17, 15) is 27.9 Å². The lowest BCUT2D eigenvalue weighted by molar-refractivity contribution is -0.185. The number of benzene rings is 1. The molecule has 1 N–H and O–H groups in total. The van der Waals surface area contributed by atoms with Gasteiger partial charge in [0.1, 0.15) is 0 Å². The Hall–Kier alpha value is -2.25. The number of carbonyl (C=O) groups excluding carboxylic acids is 1. The van der Waals surface area contributed by atoms with Gasteiger partial charge in [0.15, 0.2) is 0 Å². The summed E-state index contributed by atoms with van der Waals surface area (Å²) in [6.45, 7) is 5.60. The van der Waals surface area contributed by atoms with E-state index in [1.54, 1.807) is 26.8 Å². The Labute approximate surface area is 150 Å². The van der Waals surface area contributed by atoms with Crippen molar-refractivity contribution in [1.29, 1.82) is 0 Å². The third-order valence-electron chi connectivity index (χ3n) is 4.48. The molecule has 0 aliphatic carbocycles. The molecule has 0 spiro atoms. The first kappa shape index (κ1) is 20.1. The van der Waals surface area contributed by atoms with Gasteiger partial charge in [0.2, 0.25) is 0 Å². The van der Waals surface area contributed by atoms with Gasteiger partial charge in [0.25, 0.3) is 0 Å². The minimum Gasteiger partial charge on any atom is -0.465 e. The molecule has 1 aromatic carbocycles. The van der Waals surface area contributed by atoms with Gasteiger partial charge < -0.3 is 10.0 Å². The second-order valence-electron chi connectivity index (χ2n) is 7.43. The summed E-state index contributed by atoms with van der Waals surface area (Å²) in [6.07, 6.45) is -5.24. The topological polar surface area (TPSA) is 60.9 Å². The molecule has 0 aromatic heterocycles. The monoisotopic (exact) mass is 372 g/mol. The SMILES string of the molecule is CC(C)(C)N(Cc1ccc2c(c1)CCN(C(=O)C(F)(F)F)CC2)C(=O)O. The van der Waals surface area contributed by atoms with Crippen LogP contribution in [0.4, 0.5) is 18.0 Å². The van der Waals surface area contributed by atoms with Crippen LogP contribution in [0.5, 0.6) is 0 Å². The molecule has 0 unspecified atom stereocenters. The summed E-state index contributed by atoms with van der Waals surface area (Å²) in [5, 5.41) is 9.40. The highest BCUT2D eigenvalue weighted by atomic mass is 19.4. The number of nitrogens with zero attached hydrogens (tertiary/aromatic N) is 2. The van der Waals surface area contributed by atoms with Crippen LogP contribution in [0, 0.1) is 0 Å². The molecule has 1 aromatic rings. The predicted octanol–water partition coefficient (Wildman–Crippen LogP) is 3.45. The summed E-state index contributed by atoms with van der Waals surface area (Å²) < 4.78 is 37.9. The molecule has 144 valence electrons. The Morgan fingerprint density at radius 1 is 1.12 bits per heavy atom. The van der Waals surface area contributed by atoms with Crippen LogP contribution < -0.4 is 0 Å². The summed E-state index contributed by atoms with van der Waals surface area (Å²) in [5.41, 5.74) is 1.95. The predicted molar refractivity (Wildman–Crippen MR) is 89.8 cm³/mol. The van der Waals surface area contributed by atoms with E-state index in [-0.39, 0.29) is 19.6 Å². The summed E-state index contributed by atoms with van der Waals surface area (Å²) in [6, 6.07) is 5.44. The maximum absolute atomic E-state index is 12.6. The summed E-state index contributed by atoms with van der Waals surface area (Å²) in [7, 11) is 0. The number of fused-ring (bicyclic) bond motifs is 1. The normalized spacial score (nSPS) is 15.2. The molecule has 26 heavy (non-hydrogen) atoms. The van der Waals surface area contributed by atoms with Crippen LogP contribution in [0.1, 0.15) is 37.5 Å². The molecule has 8 heteroatoms. The van der Waals surface area contributed by atoms with Crippen molar-refractivity contribution in [2.75, 3.05) is 13.1 Å². The smallest absolute Gasteiger partial charge is 0.465 e. The van der Waals surface area contributed by atoms with Crippen molar-refractivity contribution in [2.45, 2.75) is 51.9 Å². The maximum Gasteiger partial charge on any atom is 0.471 e. The highest BCUT2D eigenvalue weighted by Gasteiger charge is 2.42. The summed E-state index contributed by atoms with van der Waals surface area (Å²) in [4.78, 5) is 25.1. The minimum absolute atomic E-state index is 0.00326. The van der Waals surface area contributed by atoms with E-state index in [4.69, 9.17) is 0 Å². The number of alkyl halides is 3. The Morgan fingerprint density at radius 2 is 1.69 bits per heavy atom. The largest absolute Gasteiger partial charge is 0.471 e. The maximum atomic E-state index is 12.6. The number of hydrogen-bond donors (Lipinski definition) is 1. The van der Waals surface area contributed by atoms with Gasteiger partial charge in [-0.2, -0.15) is 13.2 Å². The third-order valence-corrected chi connectivity index (χ3v) is 4.48. The van der Waals surface area contributed by atoms with Crippen LogP contribution in [0.15, 0.2) is 18.2 Å². The quantitative estimate of drug-likeness (QED) is 0.865. The van der Waals surface area contributed by atoms with Gasteiger partial charge in [-0.1, -0.05) is 18.2 Å². The lowest BCUT2D eigenvalue weighted by Crippen LogP contribution is -2.44. The van der Waals surface area contributed by atoms with Gasteiger partial charge in [-0.05, 0) is 50.3 Å². The number of amides is 2. The summed E-state index contributed by atoms with van der Waals surface area (Å²) >= 11 is 0. The molecule has 0 saturated carbocycles. The van der Waals surface area contributed by atoms with Gasteiger partial charge in [-0.25, -0.2) is 4.79 Å². The standard InChI is InChI=1S/C18H23F3N2O3/c1-17(2,3)23(16(25)26)11-12-4-5-13-6-8-22(9-7-14(13)10-12)15(24)18(19,20)21/h4-5,10H,6-9,11H2,1-3H3,(H,25,26). The van der Waals surface area contributed by atoms with Gasteiger partial charge in [0.05, 0.1) is 0 Å². The lowest BCUT2D eigenvalue weighted by atomic mass is 9.98. The number of carbonyl (C=O) groups is 2. The first-order valence-electron chi connectivity index (χ1n) is 8.37. The van der Waals surface area contributed by atoms with E-state index in [1.165, 1.54) is 4.90 Å². The number of hydrogen-bond acceptors (Lipinski definition) is 2. The van der Waals surface area contributed by atoms with Crippen LogP contribution in [-0.2, 0) is 24.2 Å². The van der Waals surface area contributed by atoms with Crippen molar-refractivity contribution in [2.24, 2.45) is 0 Å². The molecule has 0 saturated heterocycles. The number of carboxylic acid groups (broad SMARTS) is 1. The van der Waals surface area contributed by atoms with Crippen molar-refractivity contribution in [3.05, 3.63) is 34.9 Å². The van der Waals surface area contributed by atoms with Gasteiger partial charge >= 0.3 is 18.2 Å². The van der Waals surface area contributed by atoms with E-state index in [0.29, 0.717) is 12.8 Å². The van der Waals surface area contributed by atoms with Gasteiger partial charge in [0, 0.05) is 25.2 Å². The van der Waals surface area contributed by atoms with Crippen molar-refractivity contribution >= 4 is 12.0 Å². The second-order valence-corrected chi connectivity index (χ2v) is 7.43.